The largest absolute Gasteiger partial charge is 0.380 e. The van der Waals surface area contributed by atoms with E-state index in [1.807, 2.05) is 18.2 Å². The van der Waals surface area contributed by atoms with Gasteiger partial charge in [-0.3, -0.25) is 0 Å². The van der Waals surface area contributed by atoms with Crippen molar-refractivity contribution < 1.29 is 0 Å². The minimum atomic E-state index is 0.508. The zero-order valence-electron chi connectivity index (χ0n) is 8.32. The number of pyridine rings is 2. The molecule has 0 aliphatic rings. The summed E-state index contributed by atoms with van der Waals surface area (Å²) in [6.07, 6.45) is 3.52. The normalized spacial score (nSPS) is 10.1. The van der Waals surface area contributed by atoms with Gasteiger partial charge in [-0.25, -0.2) is 9.97 Å². The molecule has 0 radical (unpaired) electrons. The Morgan fingerprint density at radius 3 is 2.62 bits per heavy atom. The average molecular weight is 299 g/mol. The number of aromatic nitrogens is 2. The lowest BCUT2D eigenvalue weighted by Gasteiger charge is -2.05. The van der Waals surface area contributed by atoms with Crippen molar-refractivity contribution >= 4 is 33.2 Å². The maximum Gasteiger partial charge on any atom is 0.129 e. The summed E-state index contributed by atoms with van der Waals surface area (Å²) < 4.78 is 0.825. The zero-order chi connectivity index (χ0) is 11.4. The molecule has 0 aliphatic carbocycles. The first-order valence-electron chi connectivity index (χ1n) is 4.70. The molecule has 16 heavy (non-hydrogen) atoms. The molecule has 0 saturated carbocycles. The van der Waals surface area contributed by atoms with Gasteiger partial charge in [-0.2, -0.15) is 0 Å². The summed E-state index contributed by atoms with van der Waals surface area (Å²) in [4.78, 5) is 8.13. The van der Waals surface area contributed by atoms with Crippen molar-refractivity contribution in [1.82, 2.24) is 9.97 Å². The van der Waals surface area contributed by atoms with Gasteiger partial charge in [-0.15, -0.1) is 0 Å². The van der Waals surface area contributed by atoms with Crippen molar-refractivity contribution in [3.63, 3.8) is 0 Å². The smallest absolute Gasteiger partial charge is 0.129 e. The third-order valence-corrected chi connectivity index (χ3v) is 2.71. The van der Waals surface area contributed by atoms with E-state index in [0.717, 1.165) is 15.9 Å². The Kier molecular flexibility index (Phi) is 3.74. The summed E-state index contributed by atoms with van der Waals surface area (Å²) in [5.41, 5.74) is 2.05. The Balaban J connectivity index is 1.97. The summed E-state index contributed by atoms with van der Waals surface area (Å²) >= 11 is 8.99. The molecule has 2 aromatic heterocycles. The van der Waals surface area contributed by atoms with Gasteiger partial charge in [0, 0.05) is 12.7 Å². The molecule has 82 valence electrons. The molecule has 0 aliphatic heterocycles. The Bertz CT molecular complexity index is 410. The van der Waals surface area contributed by atoms with E-state index in [1.54, 1.807) is 18.5 Å². The first-order valence-corrected chi connectivity index (χ1v) is 5.87. The van der Waals surface area contributed by atoms with Crippen LogP contribution in [-0.4, -0.2) is 9.97 Å². The summed E-state index contributed by atoms with van der Waals surface area (Å²) in [5.74, 6) is 0. The van der Waals surface area contributed by atoms with Crippen LogP contribution in [0.3, 0.4) is 0 Å². The highest BCUT2D eigenvalue weighted by molar-refractivity contribution is 9.10. The fraction of sp³-hybridized carbons (Fsp3) is 0.0909. The summed E-state index contributed by atoms with van der Waals surface area (Å²) in [7, 11) is 0. The predicted octanol–water partition coefficient (Wildman–Crippen LogP) is 3.50. The molecule has 0 saturated heterocycles. The number of hydrogen-bond acceptors (Lipinski definition) is 3. The molecule has 5 heteroatoms. The predicted molar refractivity (Wildman–Crippen MR) is 68.5 cm³/mol. The fourth-order valence-corrected chi connectivity index (χ4v) is 1.54. The summed E-state index contributed by atoms with van der Waals surface area (Å²) in [5, 5.41) is 3.75. The van der Waals surface area contributed by atoms with Gasteiger partial charge in [0.05, 0.1) is 11.9 Å². The molecule has 0 aromatic carbocycles. The van der Waals surface area contributed by atoms with Crippen LogP contribution in [0.2, 0.25) is 5.15 Å². The lowest BCUT2D eigenvalue weighted by Crippen LogP contribution is -1.99. The van der Waals surface area contributed by atoms with Crippen LogP contribution in [0.15, 0.2) is 41.3 Å². The lowest BCUT2D eigenvalue weighted by molar-refractivity contribution is 1.10. The molecule has 0 amide bonds. The van der Waals surface area contributed by atoms with E-state index >= 15 is 0 Å². The molecule has 2 aromatic rings. The number of hydrogen-bond donors (Lipinski definition) is 1. The van der Waals surface area contributed by atoms with Crippen LogP contribution in [0.1, 0.15) is 5.56 Å². The van der Waals surface area contributed by atoms with E-state index in [9.17, 15) is 0 Å². The highest BCUT2D eigenvalue weighted by Gasteiger charge is 1.95. The van der Waals surface area contributed by atoms with E-state index in [2.05, 4.69) is 31.2 Å². The Morgan fingerprint density at radius 2 is 2.00 bits per heavy atom. The average Bonchev–Trinajstić information content (AvgIpc) is 2.30. The van der Waals surface area contributed by atoms with E-state index < -0.39 is 0 Å². The molecule has 0 bridgehead atoms. The van der Waals surface area contributed by atoms with Gasteiger partial charge in [0.1, 0.15) is 9.76 Å². The quantitative estimate of drug-likeness (QED) is 0.881. The van der Waals surface area contributed by atoms with Crippen LogP contribution in [0, 0.1) is 0 Å². The van der Waals surface area contributed by atoms with Crippen molar-refractivity contribution in [3.05, 3.63) is 52.0 Å². The number of nitrogens with one attached hydrogen (secondary N) is 1. The van der Waals surface area contributed by atoms with E-state index in [0.29, 0.717) is 11.7 Å². The van der Waals surface area contributed by atoms with Crippen LogP contribution in [-0.2, 0) is 6.54 Å². The highest BCUT2D eigenvalue weighted by Crippen LogP contribution is 2.12. The molecule has 1 N–H and O–H groups in total. The lowest BCUT2D eigenvalue weighted by atomic mass is 10.3. The van der Waals surface area contributed by atoms with Gasteiger partial charge in [0.15, 0.2) is 0 Å². The third kappa shape index (κ3) is 3.18. The van der Waals surface area contributed by atoms with Crippen molar-refractivity contribution in [2.24, 2.45) is 0 Å². The standard InChI is InChI=1S/C11H9BrClN3/c12-10-3-2-9(7-15-10)14-5-8-1-4-11(13)16-6-8/h1-4,6-7,14H,5H2. The van der Waals surface area contributed by atoms with Crippen molar-refractivity contribution in [2.75, 3.05) is 5.32 Å². The Morgan fingerprint density at radius 1 is 1.12 bits per heavy atom. The minimum absolute atomic E-state index is 0.508. The monoisotopic (exact) mass is 297 g/mol. The number of nitrogens with zero attached hydrogens (tertiary/aromatic N) is 2. The topological polar surface area (TPSA) is 37.8 Å². The van der Waals surface area contributed by atoms with Gasteiger partial charge in [-0.05, 0) is 39.7 Å². The molecule has 2 heterocycles. The molecule has 0 unspecified atom stereocenters. The van der Waals surface area contributed by atoms with Gasteiger partial charge in [0.2, 0.25) is 0 Å². The summed E-state index contributed by atoms with van der Waals surface area (Å²) in [6.45, 7) is 0.702. The maximum absolute atomic E-state index is 5.70. The van der Waals surface area contributed by atoms with Gasteiger partial charge < -0.3 is 5.32 Å². The van der Waals surface area contributed by atoms with Gasteiger partial charge >= 0.3 is 0 Å². The summed E-state index contributed by atoms with van der Waals surface area (Å²) in [6, 6.07) is 7.57. The second-order valence-electron chi connectivity index (χ2n) is 3.21. The fourth-order valence-electron chi connectivity index (χ4n) is 1.20. The molecule has 3 nitrogen and oxygen atoms in total. The Labute approximate surface area is 107 Å². The molecular formula is C11H9BrClN3. The van der Waals surface area contributed by atoms with Crippen LogP contribution < -0.4 is 5.32 Å². The van der Waals surface area contributed by atoms with Crippen LogP contribution >= 0.6 is 27.5 Å². The van der Waals surface area contributed by atoms with E-state index in [4.69, 9.17) is 11.6 Å². The van der Waals surface area contributed by atoms with Crippen LogP contribution in [0.5, 0.6) is 0 Å². The van der Waals surface area contributed by atoms with Gasteiger partial charge in [0.25, 0.3) is 0 Å². The molecule has 0 spiro atoms. The maximum atomic E-state index is 5.70. The molecule has 0 atom stereocenters. The highest BCUT2D eigenvalue weighted by atomic mass is 79.9. The number of rotatable bonds is 3. The molecular weight excluding hydrogens is 289 g/mol. The van der Waals surface area contributed by atoms with Gasteiger partial charge in [-0.1, -0.05) is 17.7 Å². The second kappa shape index (κ2) is 5.27. The SMILES string of the molecule is Clc1ccc(CNc2ccc(Br)nc2)cn1. The van der Waals surface area contributed by atoms with E-state index in [1.165, 1.54) is 0 Å². The van der Waals surface area contributed by atoms with Crippen molar-refractivity contribution in [3.8, 4) is 0 Å². The zero-order valence-corrected chi connectivity index (χ0v) is 10.7. The molecule has 0 fully saturated rings. The number of halogens is 2. The van der Waals surface area contributed by atoms with Crippen LogP contribution in [0.25, 0.3) is 0 Å². The van der Waals surface area contributed by atoms with Crippen molar-refractivity contribution in [2.45, 2.75) is 6.54 Å². The van der Waals surface area contributed by atoms with E-state index in [-0.39, 0.29) is 0 Å². The van der Waals surface area contributed by atoms with Crippen molar-refractivity contribution in [1.29, 1.82) is 0 Å². The minimum Gasteiger partial charge on any atom is -0.380 e. The second-order valence-corrected chi connectivity index (χ2v) is 4.41. The molecule has 2 rings (SSSR count). The Hall–Kier alpha value is -1.13. The first kappa shape index (κ1) is 11.4. The third-order valence-electron chi connectivity index (χ3n) is 2.01. The number of anilines is 1. The first-order chi connectivity index (χ1) is 7.74. The van der Waals surface area contributed by atoms with Crippen LogP contribution in [0.4, 0.5) is 5.69 Å².